The van der Waals surface area contributed by atoms with Gasteiger partial charge in [0.1, 0.15) is 4.66 Å². The molecule has 1 aromatic rings. The topological polar surface area (TPSA) is 70.0 Å². The zero-order chi connectivity index (χ0) is 11.5. The van der Waals surface area contributed by atoms with E-state index in [1.54, 1.807) is 6.07 Å². The number of nitrogens with zero attached hydrogens (tertiary/aromatic N) is 1. The number of nitriles is 1. The van der Waals surface area contributed by atoms with Crippen molar-refractivity contribution < 1.29 is 8.42 Å². The molecule has 7 heteroatoms. The summed E-state index contributed by atoms with van der Waals surface area (Å²) >= 11 is 6.04. The summed E-state index contributed by atoms with van der Waals surface area (Å²) in [6, 6.07) is 6.57. The van der Waals surface area contributed by atoms with Gasteiger partial charge in [-0.05, 0) is 34.1 Å². The molecule has 0 amide bonds. The van der Waals surface area contributed by atoms with Crippen molar-refractivity contribution in [1.82, 2.24) is 0 Å². The molecule has 0 heterocycles. The summed E-state index contributed by atoms with van der Waals surface area (Å²) in [6.07, 6.45) is 0. The Bertz CT molecular complexity index is 508. The number of anilines is 1. The zero-order valence-electron chi connectivity index (χ0n) is 7.37. The first-order valence-corrected chi connectivity index (χ1v) is 7.31. The molecule has 0 bridgehead atoms. The van der Waals surface area contributed by atoms with Crippen LogP contribution < -0.4 is 4.72 Å². The maximum absolute atomic E-state index is 11.2. The third-order valence-electron chi connectivity index (χ3n) is 1.51. The van der Waals surface area contributed by atoms with E-state index < -0.39 is 10.0 Å². The number of sulfonamides is 1. The molecule has 0 spiro atoms. The van der Waals surface area contributed by atoms with E-state index in [0.29, 0.717) is 15.7 Å². The average Bonchev–Trinajstić information content (AvgIpc) is 2.21. The van der Waals surface area contributed by atoms with E-state index in [1.807, 2.05) is 6.07 Å². The van der Waals surface area contributed by atoms with Gasteiger partial charge in [-0.25, -0.2) is 8.42 Å². The van der Waals surface area contributed by atoms with Gasteiger partial charge >= 0.3 is 0 Å². The lowest BCUT2D eigenvalue weighted by atomic mass is 10.2. The Morgan fingerprint density at radius 1 is 1.47 bits per heavy atom. The second kappa shape index (κ2) is 4.96. The molecule has 0 unspecified atom stereocenters. The Hall–Kier alpha value is -0.580. The van der Waals surface area contributed by atoms with Crippen molar-refractivity contribution in [3.63, 3.8) is 0 Å². The second-order valence-corrected chi connectivity index (χ2v) is 6.51. The maximum atomic E-state index is 11.2. The lowest BCUT2D eigenvalue weighted by molar-refractivity contribution is 0.606. The van der Waals surface area contributed by atoms with Crippen LogP contribution in [0.2, 0.25) is 0 Å². The van der Waals surface area contributed by atoms with Crippen LogP contribution in [0.3, 0.4) is 0 Å². The van der Waals surface area contributed by atoms with Gasteiger partial charge in [-0.15, -0.1) is 0 Å². The molecule has 0 aromatic heterocycles. The van der Waals surface area contributed by atoms with Crippen LogP contribution in [0.25, 0.3) is 0 Å². The molecule has 0 atom stereocenters. The first-order valence-electron chi connectivity index (χ1n) is 3.74. The van der Waals surface area contributed by atoms with Crippen LogP contribution in [0, 0.1) is 11.3 Å². The number of hydrogen-bond acceptors (Lipinski definition) is 3. The van der Waals surface area contributed by atoms with Crippen molar-refractivity contribution in [1.29, 1.82) is 5.26 Å². The molecular weight excluding hydrogens is 348 g/mol. The van der Waals surface area contributed by atoms with Gasteiger partial charge in [-0.1, -0.05) is 15.9 Å². The van der Waals surface area contributed by atoms with E-state index in [2.05, 4.69) is 36.6 Å². The minimum absolute atomic E-state index is 0.174. The highest BCUT2D eigenvalue weighted by atomic mass is 79.9. The fourth-order valence-corrected chi connectivity index (χ4v) is 2.38. The highest BCUT2D eigenvalue weighted by Gasteiger charge is 2.10. The zero-order valence-corrected chi connectivity index (χ0v) is 11.4. The molecule has 0 saturated heterocycles. The first kappa shape index (κ1) is 12.5. The molecule has 0 aliphatic carbocycles. The van der Waals surface area contributed by atoms with Crippen LogP contribution in [0.4, 0.5) is 5.69 Å². The van der Waals surface area contributed by atoms with Gasteiger partial charge in [-0.3, -0.25) is 4.72 Å². The minimum Gasteiger partial charge on any atom is -0.282 e. The number of nitrogens with one attached hydrogen (secondary N) is 1. The van der Waals surface area contributed by atoms with Crippen molar-refractivity contribution in [3.8, 4) is 6.07 Å². The van der Waals surface area contributed by atoms with Crippen LogP contribution in [0.5, 0.6) is 0 Å². The second-order valence-electron chi connectivity index (χ2n) is 2.63. The van der Waals surface area contributed by atoms with Gasteiger partial charge in [0.2, 0.25) is 10.0 Å². The summed E-state index contributed by atoms with van der Waals surface area (Å²) in [5, 5.41) is 8.61. The number of hydrogen-bond donors (Lipinski definition) is 1. The monoisotopic (exact) mass is 352 g/mol. The molecule has 0 fully saturated rings. The predicted octanol–water partition coefficient (Wildman–Crippen LogP) is 2.41. The van der Waals surface area contributed by atoms with Crippen LogP contribution in [0.15, 0.2) is 22.7 Å². The smallest absolute Gasteiger partial charge is 0.242 e. The van der Waals surface area contributed by atoms with Crippen LogP contribution >= 0.6 is 31.9 Å². The molecule has 1 aromatic carbocycles. The van der Waals surface area contributed by atoms with Crippen molar-refractivity contribution >= 4 is 47.6 Å². The summed E-state index contributed by atoms with van der Waals surface area (Å²) in [4.78, 5) is 0. The van der Waals surface area contributed by atoms with Gasteiger partial charge in [0.15, 0.2) is 0 Å². The third kappa shape index (κ3) is 3.48. The Balaban J connectivity index is 3.04. The highest BCUT2D eigenvalue weighted by molar-refractivity contribution is 9.11. The number of alkyl halides is 1. The van der Waals surface area contributed by atoms with E-state index in [1.165, 1.54) is 12.1 Å². The summed E-state index contributed by atoms with van der Waals surface area (Å²) in [6.45, 7) is 0. The highest BCUT2D eigenvalue weighted by Crippen LogP contribution is 2.24. The van der Waals surface area contributed by atoms with Gasteiger partial charge in [0.05, 0.1) is 17.3 Å². The molecule has 0 aliphatic heterocycles. The van der Waals surface area contributed by atoms with Crippen molar-refractivity contribution in [2.24, 2.45) is 0 Å². The summed E-state index contributed by atoms with van der Waals surface area (Å²) < 4.78 is 25.2. The normalized spacial score (nSPS) is 10.7. The lowest BCUT2D eigenvalue weighted by Gasteiger charge is -2.07. The Kier molecular flexibility index (Phi) is 4.13. The number of rotatable bonds is 3. The molecule has 80 valence electrons. The van der Waals surface area contributed by atoms with E-state index >= 15 is 0 Å². The summed E-state index contributed by atoms with van der Waals surface area (Å²) in [5.74, 6) is 0. The van der Waals surface area contributed by atoms with E-state index in [0.717, 1.165) is 0 Å². The quantitative estimate of drug-likeness (QED) is 0.848. The minimum atomic E-state index is -3.36. The third-order valence-corrected chi connectivity index (χ3v) is 4.79. The Labute approximate surface area is 105 Å². The van der Waals surface area contributed by atoms with E-state index in [-0.39, 0.29) is 4.66 Å². The van der Waals surface area contributed by atoms with Gasteiger partial charge in [0, 0.05) is 4.47 Å². The maximum Gasteiger partial charge on any atom is 0.242 e. The summed E-state index contributed by atoms with van der Waals surface area (Å²) in [5.41, 5.74) is 0.872. The van der Waals surface area contributed by atoms with Crippen molar-refractivity contribution in [2.75, 3.05) is 9.38 Å². The van der Waals surface area contributed by atoms with Crippen molar-refractivity contribution in [2.45, 2.75) is 0 Å². The molecule has 1 N–H and O–H groups in total. The van der Waals surface area contributed by atoms with Crippen LogP contribution in [0.1, 0.15) is 5.56 Å². The van der Waals surface area contributed by atoms with Crippen molar-refractivity contribution in [3.05, 3.63) is 28.2 Å². The number of halogens is 2. The molecule has 1 rings (SSSR count). The molecular formula is C8H6Br2N2O2S. The largest absolute Gasteiger partial charge is 0.282 e. The van der Waals surface area contributed by atoms with Gasteiger partial charge in [0.25, 0.3) is 0 Å². The van der Waals surface area contributed by atoms with Crippen LogP contribution in [-0.2, 0) is 10.0 Å². The average molecular weight is 354 g/mol. The number of benzene rings is 1. The molecule has 0 radical (unpaired) electrons. The molecule has 0 aliphatic rings. The molecule has 15 heavy (non-hydrogen) atoms. The molecule has 0 saturated carbocycles. The molecule has 4 nitrogen and oxygen atoms in total. The SMILES string of the molecule is N#Cc1ccc(NS(=O)(=O)CBr)c(Br)c1. The first-order chi connectivity index (χ1) is 6.98. The van der Waals surface area contributed by atoms with E-state index in [9.17, 15) is 8.42 Å². The lowest BCUT2D eigenvalue weighted by Crippen LogP contribution is -2.13. The predicted molar refractivity (Wildman–Crippen MR) is 65.2 cm³/mol. The van der Waals surface area contributed by atoms with Gasteiger partial charge < -0.3 is 0 Å². The Morgan fingerprint density at radius 3 is 2.60 bits per heavy atom. The van der Waals surface area contributed by atoms with Gasteiger partial charge in [-0.2, -0.15) is 5.26 Å². The Morgan fingerprint density at radius 2 is 2.13 bits per heavy atom. The van der Waals surface area contributed by atoms with E-state index in [4.69, 9.17) is 5.26 Å². The summed E-state index contributed by atoms with van der Waals surface area (Å²) in [7, 11) is -3.36. The fraction of sp³-hybridized carbons (Fsp3) is 0.125. The standard InChI is InChI=1S/C8H6Br2N2O2S/c9-5-15(13,14)12-8-2-1-6(4-11)3-7(8)10/h1-3,12H,5H2. The van der Waals surface area contributed by atoms with Crippen LogP contribution in [-0.4, -0.2) is 13.1 Å². The fourth-order valence-electron chi connectivity index (χ4n) is 0.862.